The number of pyridine rings is 1. The van der Waals surface area contributed by atoms with Crippen molar-refractivity contribution in [3.63, 3.8) is 0 Å². The van der Waals surface area contributed by atoms with Gasteiger partial charge in [-0.25, -0.2) is 9.78 Å². The van der Waals surface area contributed by atoms with Crippen molar-refractivity contribution in [2.75, 3.05) is 7.11 Å². The van der Waals surface area contributed by atoms with E-state index in [4.69, 9.17) is 9.47 Å². The summed E-state index contributed by atoms with van der Waals surface area (Å²) in [4.78, 5) is 15.8. The van der Waals surface area contributed by atoms with E-state index in [1.807, 2.05) is 0 Å². The summed E-state index contributed by atoms with van der Waals surface area (Å²) in [6, 6.07) is 9.96. The summed E-state index contributed by atoms with van der Waals surface area (Å²) < 4.78 is 12.1. The smallest absolute Gasteiger partial charge is 0.339 e. The van der Waals surface area contributed by atoms with Crippen LogP contribution in [0.5, 0.6) is 11.5 Å². The number of ether oxygens (including phenoxy) is 2. The molecule has 0 aliphatic carbocycles. The van der Waals surface area contributed by atoms with Crippen LogP contribution in [-0.2, 0) is 11.3 Å². The number of aromatic hydroxyl groups is 1. The number of hydrogen-bond acceptors (Lipinski definition) is 5. The second-order valence-electron chi connectivity index (χ2n) is 4.67. The number of imidazole rings is 1. The minimum atomic E-state index is -0.407. The third-order valence-corrected chi connectivity index (χ3v) is 3.21. The van der Waals surface area contributed by atoms with E-state index >= 15 is 0 Å². The number of rotatable bonds is 4. The molecule has 0 atom stereocenters. The number of phenols is 1. The van der Waals surface area contributed by atoms with Crippen LogP contribution in [0.3, 0.4) is 0 Å². The summed E-state index contributed by atoms with van der Waals surface area (Å²) in [6.07, 6.45) is 3.34. The predicted molar refractivity (Wildman–Crippen MR) is 79.0 cm³/mol. The molecule has 6 heteroatoms. The number of phenolic OH excluding ortho intramolecular Hbond substituents is 1. The number of hydrogen-bond donors (Lipinski definition) is 1. The summed E-state index contributed by atoms with van der Waals surface area (Å²) >= 11 is 0. The van der Waals surface area contributed by atoms with Gasteiger partial charge in [-0.2, -0.15) is 0 Å². The first kappa shape index (κ1) is 13.9. The number of carbonyl (C=O) groups is 1. The Balaban J connectivity index is 1.85. The largest absolute Gasteiger partial charge is 0.508 e. The fourth-order valence-electron chi connectivity index (χ4n) is 2.11. The van der Waals surface area contributed by atoms with Gasteiger partial charge in [0.25, 0.3) is 0 Å². The Morgan fingerprint density at radius 2 is 2.18 bits per heavy atom. The van der Waals surface area contributed by atoms with Crippen molar-refractivity contribution in [2.45, 2.75) is 6.61 Å². The van der Waals surface area contributed by atoms with Gasteiger partial charge in [-0.3, -0.25) is 4.40 Å². The monoisotopic (exact) mass is 298 g/mol. The maximum atomic E-state index is 11.6. The van der Waals surface area contributed by atoms with Gasteiger partial charge in [0.2, 0.25) is 0 Å². The van der Waals surface area contributed by atoms with Crippen molar-refractivity contribution in [1.29, 1.82) is 0 Å². The molecule has 6 nitrogen and oxygen atoms in total. The minimum Gasteiger partial charge on any atom is -0.508 e. The summed E-state index contributed by atoms with van der Waals surface area (Å²) in [5, 5.41) is 9.42. The number of esters is 1. The molecule has 2 heterocycles. The van der Waals surface area contributed by atoms with Crippen LogP contribution < -0.4 is 4.74 Å². The van der Waals surface area contributed by atoms with Crippen molar-refractivity contribution >= 4 is 11.6 Å². The Kier molecular flexibility index (Phi) is 3.65. The first-order chi connectivity index (χ1) is 10.7. The van der Waals surface area contributed by atoms with Crippen molar-refractivity contribution < 1.29 is 19.4 Å². The molecule has 112 valence electrons. The molecule has 0 saturated carbocycles. The fraction of sp³-hybridized carbons (Fsp3) is 0.125. The molecule has 22 heavy (non-hydrogen) atoms. The molecule has 2 aromatic heterocycles. The number of carbonyl (C=O) groups excluding carboxylic acids is 1. The van der Waals surface area contributed by atoms with Crippen LogP contribution in [-0.4, -0.2) is 27.6 Å². The molecule has 0 spiro atoms. The number of methoxy groups -OCH3 is 1. The maximum Gasteiger partial charge on any atom is 0.339 e. The Labute approximate surface area is 126 Å². The van der Waals surface area contributed by atoms with Gasteiger partial charge < -0.3 is 14.6 Å². The zero-order valence-corrected chi connectivity index (χ0v) is 11.9. The number of fused-ring (bicyclic) bond motifs is 1. The van der Waals surface area contributed by atoms with Gasteiger partial charge in [0.05, 0.1) is 24.6 Å². The molecule has 0 aliphatic heterocycles. The molecule has 3 aromatic rings. The zero-order chi connectivity index (χ0) is 15.5. The lowest BCUT2D eigenvalue weighted by Crippen LogP contribution is -2.05. The minimum absolute atomic E-state index is 0.142. The lowest BCUT2D eigenvalue weighted by Gasteiger charge is -2.07. The van der Waals surface area contributed by atoms with Crippen LogP contribution in [0.1, 0.15) is 16.1 Å². The quantitative estimate of drug-likeness (QED) is 0.749. The molecular weight excluding hydrogens is 284 g/mol. The lowest BCUT2D eigenvalue weighted by atomic mass is 10.3. The van der Waals surface area contributed by atoms with Gasteiger partial charge in [-0.05, 0) is 24.3 Å². The van der Waals surface area contributed by atoms with Crippen LogP contribution >= 0.6 is 0 Å². The molecule has 0 bridgehead atoms. The van der Waals surface area contributed by atoms with E-state index < -0.39 is 5.97 Å². The zero-order valence-electron chi connectivity index (χ0n) is 11.9. The van der Waals surface area contributed by atoms with Gasteiger partial charge in [0.15, 0.2) is 0 Å². The van der Waals surface area contributed by atoms with E-state index in [0.29, 0.717) is 17.0 Å². The second-order valence-corrected chi connectivity index (χ2v) is 4.67. The number of benzene rings is 1. The van der Waals surface area contributed by atoms with Crippen molar-refractivity contribution in [3.8, 4) is 11.5 Å². The molecule has 0 saturated heterocycles. The molecule has 1 N–H and O–H groups in total. The van der Waals surface area contributed by atoms with Gasteiger partial charge in [-0.1, -0.05) is 6.07 Å². The van der Waals surface area contributed by atoms with Crippen molar-refractivity contribution in [2.24, 2.45) is 0 Å². The highest BCUT2D eigenvalue weighted by Gasteiger charge is 2.10. The first-order valence-corrected chi connectivity index (χ1v) is 6.63. The fourth-order valence-corrected chi connectivity index (χ4v) is 2.11. The highest BCUT2D eigenvalue weighted by Crippen LogP contribution is 2.19. The highest BCUT2D eigenvalue weighted by atomic mass is 16.5. The molecule has 0 radical (unpaired) electrons. The molecular formula is C16H14N2O4. The summed E-state index contributed by atoms with van der Waals surface area (Å²) in [7, 11) is 1.34. The number of aromatic nitrogens is 2. The Morgan fingerprint density at radius 1 is 1.32 bits per heavy atom. The molecule has 0 unspecified atom stereocenters. The summed E-state index contributed by atoms with van der Waals surface area (Å²) in [5.74, 6) is 0.290. The van der Waals surface area contributed by atoms with E-state index in [-0.39, 0.29) is 12.4 Å². The van der Waals surface area contributed by atoms with Crippen molar-refractivity contribution in [1.82, 2.24) is 9.38 Å². The number of nitrogens with zero attached hydrogens (tertiary/aromatic N) is 2. The van der Waals surface area contributed by atoms with Gasteiger partial charge in [0.1, 0.15) is 23.8 Å². The summed E-state index contributed by atoms with van der Waals surface area (Å²) in [5.41, 5.74) is 1.93. The van der Waals surface area contributed by atoms with E-state index in [1.165, 1.54) is 13.2 Å². The van der Waals surface area contributed by atoms with E-state index in [1.54, 1.807) is 47.1 Å². The van der Waals surface area contributed by atoms with Crippen LogP contribution in [0.4, 0.5) is 0 Å². The summed E-state index contributed by atoms with van der Waals surface area (Å²) in [6.45, 7) is 0.259. The third kappa shape index (κ3) is 2.71. The van der Waals surface area contributed by atoms with E-state index in [9.17, 15) is 9.90 Å². The average molecular weight is 298 g/mol. The van der Waals surface area contributed by atoms with Crippen LogP contribution in [0.2, 0.25) is 0 Å². The Bertz CT molecular complexity index is 826. The van der Waals surface area contributed by atoms with Gasteiger partial charge >= 0.3 is 5.97 Å². The SMILES string of the molecule is COC(=O)c1ccc2ncc(COc3cccc(O)c3)n2c1. The van der Waals surface area contributed by atoms with Gasteiger partial charge in [-0.15, -0.1) is 0 Å². The molecule has 3 rings (SSSR count). The lowest BCUT2D eigenvalue weighted by molar-refractivity contribution is 0.0600. The van der Waals surface area contributed by atoms with Gasteiger partial charge in [0, 0.05) is 12.3 Å². The molecule has 1 aromatic carbocycles. The standard InChI is InChI=1S/C16H14N2O4/c1-21-16(20)11-5-6-15-17-8-12(18(15)9-11)10-22-14-4-2-3-13(19)7-14/h2-9,19H,10H2,1H3. The van der Waals surface area contributed by atoms with E-state index in [0.717, 1.165) is 5.69 Å². The Morgan fingerprint density at radius 3 is 2.95 bits per heavy atom. The normalized spacial score (nSPS) is 10.6. The highest BCUT2D eigenvalue weighted by molar-refractivity contribution is 5.89. The maximum absolute atomic E-state index is 11.6. The van der Waals surface area contributed by atoms with Crippen molar-refractivity contribution in [3.05, 3.63) is 60.0 Å². The molecule has 0 amide bonds. The second kappa shape index (κ2) is 5.77. The van der Waals surface area contributed by atoms with Crippen LogP contribution in [0.25, 0.3) is 5.65 Å². The van der Waals surface area contributed by atoms with Crippen LogP contribution in [0.15, 0.2) is 48.8 Å². The van der Waals surface area contributed by atoms with Crippen LogP contribution in [0, 0.1) is 0 Å². The Hall–Kier alpha value is -3.02. The predicted octanol–water partition coefficient (Wildman–Crippen LogP) is 2.41. The van der Waals surface area contributed by atoms with E-state index in [2.05, 4.69) is 4.98 Å². The average Bonchev–Trinajstić information content (AvgIpc) is 2.94. The topological polar surface area (TPSA) is 73.1 Å². The first-order valence-electron chi connectivity index (χ1n) is 6.63. The molecule has 0 aliphatic rings. The third-order valence-electron chi connectivity index (χ3n) is 3.21. The molecule has 0 fully saturated rings.